The Bertz CT molecular complexity index is 379. The van der Waals surface area contributed by atoms with Crippen molar-refractivity contribution in [1.82, 2.24) is 5.09 Å². The molecule has 1 amide bonds. The van der Waals surface area contributed by atoms with Crippen LogP contribution >= 0.6 is 7.75 Å². The normalized spacial score (nSPS) is 14.3. The van der Waals surface area contributed by atoms with Crippen LogP contribution in [-0.4, -0.2) is 17.9 Å². The lowest BCUT2D eigenvalue weighted by atomic mass is 10.1. The van der Waals surface area contributed by atoms with Crippen LogP contribution in [0.4, 0.5) is 0 Å². The summed E-state index contributed by atoms with van der Waals surface area (Å²) < 4.78 is 15.2. The van der Waals surface area contributed by atoms with Crippen LogP contribution in [0.3, 0.4) is 0 Å². The third-order valence-corrected chi connectivity index (χ3v) is 2.75. The molecular formula is C9H12NO4P. The number of rotatable bonds is 4. The standard InChI is InChI=1S/C9H12NO4P/c1-14-15(12,13)10-9(11)7-8-5-3-2-4-6-8/h2-6H,7H2,1H3,(H2,10,11,12,13). The highest BCUT2D eigenvalue weighted by molar-refractivity contribution is 7.51. The van der Waals surface area contributed by atoms with E-state index in [9.17, 15) is 9.36 Å². The highest BCUT2D eigenvalue weighted by Crippen LogP contribution is 2.34. The molecule has 1 aromatic rings. The maximum absolute atomic E-state index is 11.3. The molecule has 0 heterocycles. The van der Waals surface area contributed by atoms with Crippen molar-refractivity contribution >= 4 is 13.7 Å². The van der Waals surface area contributed by atoms with Gasteiger partial charge in [0.25, 0.3) is 0 Å². The van der Waals surface area contributed by atoms with Crippen LogP contribution in [0.5, 0.6) is 0 Å². The van der Waals surface area contributed by atoms with E-state index < -0.39 is 13.7 Å². The molecule has 1 unspecified atom stereocenters. The summed E-state index contributed by atoms with van der Waals surface area (Å²) in [4.78, 5) is 20.2. The molecule has 0 bridgehead atoms. The van der Waals surface area contributed by atoms with E-state index >= 15 is 0 Å². The summed E-state index contributed by atoms with van der Waals surface area (Å²) in [5, 5.41) is 1.90. The average molecular weight is 229 g/mol. The molecule has 5 nitrogen and oxygen atoms in total. The van der Waals surface area contributed by atoms with Gasteiger partial charge in [-0.1, -0.05) is 30.3 Å². The van der Waals surface area contributed by atoms with Gasteiger partial charge in [0.1, 0.15) is 0 Å². The highest BCUT2D eigenvalue weighted by atomic mass is 31.2. The topological polar surface area (TPSA) is 75.6 Å². The second-order valence-corrected chi connectivity index (χ2v) is 4.53. The van der Waals surface area contributed by atoms with E-state index in [2.05, 4.69) is 4.52 Å². The fourth-order valence-corrected chi connectivity index (χ4v) is 1.51. The lowest BCUT2D eigenvalue weighted by molar-refractivity contribution is -0.119. The Labute approximate surface area is 87.7 Å². The Kier molecular flexibility index (Phi) is 4.03. The van der Waals surface area contributed by atoms with Gasteiger partial charge in [-0.2, -0.15) is 0 Å². The lowest BCUT2D eigenvalue weighted by Crippen LogP contribution is -2.22. The van der Waals surface area contributed by atoms with Crippen molar-refractivity contribution in [1.29, 1.82) is 0 Å². The van der Waals surface area contributed by atoms with Gasteiger partial charge in [-0.3, -0.25) is 14.4 Å². The Morgan fingerprint density at radius 3 is 2.60 bits per heavy atom. The SMILES string of the molecule is COP(=O)(O)NC(=O)Cc1ccccc1. The predicted molar refractivity (Wildman–Crippen MR) is 55.1 cm³/mol. The van der Waals surface area contributed by atoms with Gasteiger partial charge >= 0.3 is 7.75 Å². The van der Waals surface area contributed by atoms with Gasteiger partial charge in [0.15, 0.2) is 0 Å². The molecule has 0 aliphatic rings. The van der Waals surface area contributed by atoms with E-state index in [-0.39, 0.29) is 6.42 Å². The number of hydrogen-bond donors (Lipinski definition) is 2. The van der Waals surface area contributed by atoms with E-state index in [0.717, 1.165) is 12.7 Å². The monoisotopic (exact) mass is 229 g/mol. The number of carbonyl (C=O) groups excluding carboxylic acids is 1. The Morgan fingerprint density at radius 2 is 2.07 bits per heavy atom. The minimum absolute atomic E-state index is 0.0503. The van der Waals surface area contributed by atoms with E-state index in [1.807, 2.05) is 11.2 Å². The summed E-state index contributed by atoms with van der Waals surface area (Å²) in [7, 11) is -2.91. The van der Waals surface area contributed by atoms with Gasteiger partial charge in [0, 0.05) is 7.11 Å². The number of carbonyl (C=O) groups is 1. The summed E-state index contributed by atoms with van der Waals surface area (Å²) in [6, 6.07) is 8.92. The largest absolute Gasteiger partial charge is 0.432 e. The van der Waals surface area contributed by atoms with Crippen LogP contribution in [0, 0.1) is 0 Å². The number of amides is 1. The third kappa shape index (κ3) is 4.25. The van der Waals surface area contributed by atoms with Crippen molar-refractivity contribution < 1.29 is 18.8 Å². The van der Waals surface area contributed by atoms with Crippen LogP contribution in [0.1, 0.15) is 5.56 Å². The first-order chi connectivity index (χ1) is 7.03. The van der Waals surface area contributed by atoms with Gasteiger partial charge in [-0.05, 0) is 5.56 Å². The van der Waals surface area contributed by atoms with Gasteiger partial charge in [-0.15, -0.1) is 0 Å². The van der Waals surface area contributed by atoms with E-state index in [1.54, 1.807) is 24.3 Å². The second kappa shape index (κ2) is 5.07. The first-order valence-corrected chi connectivity index (χ1v) is 5.85. The van der Waals surface area contributed by atoms with Crippen LogP contribution in [0.25, 0.3) is 0 Å². The van der Waals surface area contributed by atoms with Crippen molar-refractivity contribution in [2.24, 2.45) is 0 Å². The fourth-order valence-electron chi connectivity index (χ4n) is 1.02. The Balaban J connectivity index is 2.54. The fraction of sp³-hybridized carbons (Fsp3) is 0.222. The average Bonchev–Trinajstić information content (AvgIpc) is 2.18. The van der Waals surface area contributed by atoms with Gasteiger partial charge in [0.2, 0.25) is 5.91 Å². The molecule has 1 atom stereocenters. The number of benzene rings is 1. The summed E-state index contributed by atoms with van der Waals surface area (Å²) in [6.45, 7) is 0. The minimum atomic E-state index is -3.97. The highest BCUT2D eigenvalue weighted by Gasteiger charge is 2.20. The maximum atomic E-state index is 11.3. The van der Waals surface area contributed by atoms with Crippen molar-refractivity contribution in [2.45, 2.75) is 6.42 Å². The van der Waals surface area contributed by atoms with Crippen LogP contribution in [0.2, 0.25) is 0 Å². The smallest absolute Gasteiger partial charge is 0.308 e. The molecule has 0 spiro atoms. The molecule has 6 heteroatoms. The maximum Gasteiger partial charge on any atom is 0.432 e. The van der Waals surface area contributed by atoms with Crippen LogP contribution < -0.4 is 5.09 Å². The molecule has 0 radical (unpaired) electrons. The molecule has 1 rings (SSSR count). The molecule has 15 heavy (non-hydrogen) atoms. The van der Waals surface area contributed by atoms with Crippen LogP contribution in [0.15, 0.2) is 30.3 Å². The summed E-state index contributed by atoms with van der Waals surface area (Å²) in [6.07, 6.45) is 0.0503. The lowest BCUT2D eigenvalue weighted by Gasteiger charge is -2.09. The van der Waals surface area contributed by atoms with E-state index in [0.29, 0.717) is 0 Å². The Morgan fingerprint density at radius 1 is 1.47 bits per heavy atom. The number of nitrogens with one attached hydrogen (secondary N) is 1. The summed E-state index contributed by atoms with van der Waals surface area (Å²) in [5.41, 5.74) is 0.770. The van der Waals surface area contributed by atoms with Crippen molar-refractivity contribution in [3.8, 4) is 0 Å². The summed E-state index contributed by atoms with van der Waals surface area (Å²) in [5.74, 6) is -0.547. The predicted octanol–water partition coefficient (Wildman–Crippen LogP) is 1.09. The molecule has 0 aliphatic heterocycles. The third-order valence-electron chi connectivity index (χ3n) is 1.72. The molecule has 1 aromatic carbocycles. The zero-order chi connectivity index (χ0) is 11.3. The van der Waals surface area contributed by atoms with Gasteiger partial charge in [-0.25, -0.2) is 4.57 Å². The van der Waals surface area contributed by atoms with E-state index in [1.165, 1.54) is 0 Å². The molecule has 0 saturated carbocycles. The zero-order valence-electron chi connectivity index (χ0n) is 8.21. The summed E-state index contributed by atoms with van der Waals surface area (Å²) >= 11 is 0. The molecule has 0 fully saturated rings. The van der Waals surface area contributed by atoms with Crippen LogP contribution in [-0.2, 0) is 20.3 Å². The molecule has 2 N–H and O–H groups in total. The zero-order valence-corrected chi connectivity index (χ0v) is 9.11. The number of hydrogen-bond acceptors (Lipinski definition) is 3. The molecule has 0 saturated heterocycles. The van der Waals surface area contributed by atoms with Gasteiger partial charge < -0.3 is 4.89 Å². The minimum Gasteiger partial charge on any atom is -0.308 e. The first-order valence-electron chi connectivity index (χ1n) is 4.27. The van der Waals surface area contributed by atoms with Crippen molar-refractivity contribution in [3.05, 3.63) is 35.9 Å². The quantitative estimate of drug-likeness (QED) is 0.758. The molecular weight excluding hydrogens is 217 g/mol. The Hall–Kier alpha value is -1.16. The van der Waals surface area contributed by atoms with Crippen molar-refractivity contribution in [3.63, 3.8) is 0 Å². The van der Waals surface area contributed by atoms with E-state index in [4.69, 9.17) is 4.89 Å². The second-order valence-electron chi connectivity index (χ2n) is 2.90. The van der Waals surface area contributed by atoms with Gasteiger partial charge in [0.05, 0.1) is 6.42 Å². The first kappa shape index (κ1) is 11.9. The van der Waals surface area contributed by atoms with Crippen molar-refractivity contribution in [2.75, 3.05) is 7.11 Å². The molecule has 82 valence electrons. The molecule has 0 aromatic heterocycles. The molecule has 0 aliphatic carbocycles.